The van der Waals surface area contributed by atoms with Crippen molar-refractivity contribution in [2.45, 2.75) is 13.5 Å². The molecule has 0 aliphatic heterocycles. The number of carbonyl (C=O) groups is 1. The molecule has 122 valence electrons. The van der Waals surface area contributed by atoms with E-state index in [0.29, 0.717) is 12.1 Å². The highest BCUT2D eigenvalue weighted by molar-refractivity contribution is 5.95. The van der Waals surface area contributed by atoms with Gasteiger partial charge in [-0.1, -0.05) is 17.3 Å². The van der Waals surface area contributed by atoms with Gasteiger partial charge < -0.3 is 14.6 Å². The summed E-state index contributed by atoms with van der Waals surface area (Å²) in [6, 6.07) is 9.41. The van der Waals surface area contributed by atoms with E-state index in [1.165, 1.54) is 6.26 Å². The second kappa shape index (κ2) is 6.95. The van der Waals surface area contributed by atoms with Crippen molar-refractivity contribution < 1.29 is 14.1 Å². The van der Waals surface area contributed by atoms with Crippen LogP contribution < -0.4 is 10.1 Å². The van der Waals surface area contributed by atoms with Crippen LogP contribution in [0.5, 0.6) is 5.75 Å². The van der Waals surface area contributed by atoms with Crippen molar-refractivity contribution in [1.29, 1.82) is 0 Å². The molecule has 6 nitrogen and oxygen atoms in total. The second-order valence-corrected chi connectivity index (χ2v) is 5.30. The van der Waals surface area contributed by atoms with Crippen molar-refractivity contribution in [3.8, 4) is 16.9 Å². The fourth-order valence-corrected chi connectivity index (χ4v) is 2.27. The summed E-state index contributed by atoms with van der Waals surface area (Å²) in [6.07, 6.45) is 4.80. The summed E-state index contributed by atoms with van der Waals surface area (Å²) in [5.41, 5.74) is 3.94. The summed E-state index contributed by atoms with van der Waals surface area (Å²) < 4.78 is 10.0. The van der Waals surface area contributed by atoms with E-state index in [2.05, 4.69) is 15.5 Å². The molecule has 0 radical (unpaired) electrons. The number of rotatable bonds is 5. The molecule has 0 aliphatic carbocycles. The largest absolute Gasteiger partial charge is 0.497 e. The molecule has 0 unspecified atom stereocenters. The molecule has 1 N–H and O–H groups in total. The number of pyridine rings is 1. The van der Waals surface area contributed by atoms with E-state index in [1.54, 1.807) is 19.5 Å². The van der Waals surface area contributed by atoms with Gasteiger partial charge in [0.25, 0.3) is 5.91 Å². The van der Waals surface area contributed by atoms with Crippen LogP contribution in [0.15, 0.2) is 53.5 Å². The highest BCUT2D eigenvalue weighted by Crippen LogP contribution is 2.22. The Morgan fingerprint density at radius 2 is 2.00 bits per heavy atom. The highest BCUT2D eigenvalue weighted by atomic mass is 16.5. The van der Waals surface area contributed by atoms with Gasteiger partial charge in [0.2, 0.25) is 0 Å². The Kier molecular flexibility index (Phi) is 4.56. The average Bonchev–Trinajstić information content (AvgIpc) is 3.05. The number of ether oxygens (including phenoxy) is 1. The van der Waals surface area contributed by atoms with Crippen molar-refractivity contribution in [3.63, 3.8) is 0 Å². The maximum atomic E-state index is 12.3. The zero-order valence-electron chi connectivity index (χ0n) is 13.4. The van der Waals surface area contributed by atoms with Gasteiger partial charge in [0, 0.05) is 30.1 Å². The molecule has 2 aromatic heterocycles. The Morgan fingerprint density at radius 3 is 2.67 bits per heavy atom. The molecule has 1 aromatic carbocycles. The van der Waals surface area contributed by atoms with Crippen LogP contribution in [-0.2, 0) is 6.54 Å². The predicted molar refractivity (Wildman–Crippen MR) is 88.6 cm³/mol. The lowest BCUT2D eigenvalue weighted by molar-refractivity contribution is 0.0950. The minimum absolute atomic E-state index is 0.196. The first kappa shape index (κ1) is 15.7. The van der Waals surface area contributed by atoms with Crippen LogP contribution in [0.3, 0.4) is 0 Å². The fourth-order valence-electron chi connectivity index (χ4n) is 2.27. The standard InChI is InChI=1S/C18H17N3O3/c1-12-16(11-24-21-12)10-20-18(22)15-7-14(8-19-9-15)13-3-5-17(23-2)6-4-13/h3-9,11H,10H2,1-2H3,(H,20,22). The summed E-state index contributed by atoms with van der Waals surface area (Å²) in [5.74, 6) is 0.586. The van der Waals surface area contributed by atoms with Gasteiger partial charge in [0.1, 0.15) is 12.0 Å². The molecule has 0 spiro atoms. The van der Waals surface area contributed by atoms with Crippen LogP contribution in [0.1, 0.15) is 21.6 Å². The molecule has 0 fully saturated rings. The van der Waals surface area contributed by atoms with E-state index >= 15 is 0 Å². The number of carbonyl (C=O) groups excluding carboxylic acids is 1. The van der Waals surface area contributed by atoms with E-state index in [4.69, 9.17) is 9.26 Å². The van der Waals surface area contributed by atoms with E-state index in [-0.39, 0.29) is 5.91 Å². The van der Waals surface area contributed by atoms with Gasteiger partial charge in [-0.2, -0.15) is 0 Å². The summed E-state index contributed by atoms with van der Waals surface area (Å²) in [7, 11) is 1.62. The van der Waals surface area contributed by atoms with Crippen LogP contribution in [0, 0.1) is 6.92 Å². The van der Waals surface area contributed by atoms with Crippen molar-refractivity contribution in [2.24, 2.45) is 0 Å². The predicted octanol–water partition coefficient (Wildman–Crippen LogP) is 2.98. The highest BCUT2D eigenvalue weighted by Gasteiger charge is 2.10. The van der Waals surface area contributed by atoms with E-state index in [0.717, 1.165) is 28.1 Å². The summed E-state index contributed by atoms with van der Waals surface area (Å²) in [4.78, 5) is 16.5. The molecule has 0 aliphatic rings. The zero-order chi connectivity index (χ0) is 16.9. The van der Waals surface area contributed by atoms with Crippen LogP contribution in [0.25, 0.3) is 11.1 Å². The summed E-state index contributed by atoms with van der Waals surface area (Å²) in [6.45, 7) is 2.19. The average molecular weight is 323 g/mol. The molecule has 6 heteroatoms. The number of benzene rings is 1. The van der Waals surface area contributed by atoms with Crippen LogP contribution in [0.4, 0.5) is 0 Å². The van der Waals surface area contributed by atoms with E-state index in [1.807, 2.05) is 37.3 Å². The van der Waals surface area contributed by atoms with Crippen molar-refractivity contribution >= 4 is 5.91 Å². The lowest BCUT2D eigenvalue weighted by Gasteiger charge is -2.07. The molecule has 2 heterocycles. The summed E-state index contributed by atoms with van der Waals surface area (Å²) >= 11 is 0. The van der Waals surface area contributed by atoms with Crippen LogP contribution in [-0.4, -0.2) is 23.2 Å². The molecule has 24 heavy (non-hydrogen) atoms. The fraction of sp³-hybridized carbons (Fsp3) is 0.167. The summed E-state index contributed by atoms with van der Waals surface area (Å²) in [5, 5.41) is 6.63. The van der Waals surface area contributed by atoms with Gasteiger partial charge in [-0.15, -0.1) is 0 Å². The van der Waals surface area contributed by atoms with Crippen molar-refractivity contribution in [2.75, 3.05) is 7.11 Å². The van der Waals surface area contributed by atoms with Crippen molar-refractivity contribution in [1.82, 2.24) is 15.5 Å². The molecule has 0 bridgehead atoms. The number of aromatic nitrogens is 2. The van der Waals surface area contributed by atoms with Gasteiger partial charge in [0.15, 0.2) is 0 Å². The molecule has 3 rings (SSSR count). The first-order valence-electron chi connectivity index (χ1n) is 7.45. The first-order chi connectivity index (χ1) is 11.7. The SMILES string of the molecule is COc1ccc(-c2cncc(C(=O)NCc3conc3C)c2)cc1. The third kappa shape index (κ3) is 3.43. The molecular formula is C18H17N3O3. The number of aryl methyl sites for hydroxylation is 1. The van der Waals surface area contributed by atoms with Gasteiger partial charge in [0.05, 0.1) is 18.4 Å². The molecule has 0 saturated carbocycles. The third-order valence-corrected chi connectivity index (χ3v) is 3.71. The molecular weight excluding hydrogens is 306 g/mol. The second-order valence-electron chi connectivity index (χ2n) is 5.30. The maximum Gasteiger partial charge on any atom is 0.253 e. The number of hydrogen-bond acceptors (Lipinski definition) is 5. The number of nitrogens with zero attached hydrogens (tertiary/aromatic N) is 2. The van der Waals surface area contributed by atoms with Gasteiger partial charge in [-0.05, 0) is 30.7 Å². The third-order valence-electron chi connectivity index (χ3n) is 3.71. The molecule has 0 saturated heterocycles. The van der Waals surface area contributed by atoms with E-state index < -0.39 is 0 Å². The minimum atomic E-state index is -0.196. The van der Waals surface area contributed by atoms with E-state index in [9.17, 15) is 4.79 Å². The Morgan fingerprint density at radius 1 is 1.21 bits per heavy atom. The number of amides is 1. The Bertz CT molecular complexity index is 841. The smallest absolute Gasteiger partial charge is 0.253 e. The van der Waals surface area contributed by atoms with Gasteiger partial charge >= 0.3 is 0 Å². The lowest BCUT2D eigenvalue weighted by atomic mass is 10.1. The van der Waals surface area contributed by atoms with Crippen LogP contribution >= 0.6 is 0 Å². The zero-order valence-corrected chi connectivity index (χ0v) is 13.4. The Labute approximate surface area is 139 Å². The molecule has 3 aromatic rings. The van der Waals surface area contributed by atoms with Gasteiger partial charge in [-0.3, -0.25) is 9.78 Å². The first-order valence-corrected chi connectivity index (χ1v) is 7.45. The number of methoxy groups -OCH3 is 1. The minimum Gasteiger partial charge on any atom is -0.497 e. The number of hydrogen-bond donors (Lipinski definition) is 1. The topological polar surface area (TPSA) is 77.2 Å². The quantitative estimate of drug-likeness (QED) is 0.781. The Balaban J connectivity index is 1.74. The Hall–Kier alpha value is -3.15. The van der Waals surface area contributed by atoms with Crippen molar-refractivity contribution in [3.05, 3.63) is 65.8 Å². The van der Waals surface area contributed by atoms with Crippen LogP contribution in [0.2, 0.25) is 0 Å². The van der Waals surface area contributed by atoms with Gasteiger partial charge in [-0.25, -0.2) is 0 Å². The molecule has 0 atom stereocenters. The monoisotopic (exact) mass is 323 g/mol. The lowest BCUT2D eigenvalue weighted by Crippen LogP contribution is -2.23. The maximum absolute atomic E-state index is 12.3. The number of nitrogens with one attached hydrogen (secondary N) is 1. The molecule has 1 amide bonds. The normalized spacial score (nSPS) is 10.4.